The van der Waals surface area contributed by atoms with Crippen LogP contribution in [0.25, 0.3) is 5.57 Å². The van der Waals surface area contributed by atoms with Crippen LogP contribution >= 0.6 is 0 Å². The minimum absolute atomic E-state index is 0. The molecule has 0 bridgehead atoms. The van der Waals surface area contributed by atoms with Crippen LogP contribution in [0.1, 0.15) is 36.1 Å². The molecule has 0 saturated heterocycles. The molecule has 1 radical (unpaired) electrons. The molecule has 8 nitrogen and oxygen atoms in total. The summed E-state index contributed by atoms with van der Waals surface area (Å²) >= 11 is 0. The Morgan fingerprint density at radius 2 is 1.21 bits per heavy atom. The molecular weight excluding hydrogens is 656 g/mol. The van der Waals surface area contributed by atoms with Crippen LogP contribution in [0.15, 0.2) is 143 Å². The van der Waals surface area contributed by atoms with E-state index >= 15 is 0 Å². The van der Waals surface area contributed by atoms with Gasteiger partial charge in [-0.25, -0.2) is 4.58 Å². The second-order valence-corrected chi connectivity index (χ2v) is 14.0. The Hall–Kier alpha value is -3.61. The van der Waals surface area contributed by atoms with E-state index in [1.807, 2.05) is 44.2 Å². The van der Waals surface area contributed by atoms with Crippen molar-refractivity contribution >= 4 is 66.8 Å². The summed E-state index contributed by atoms with van der Waals surface area (Å²) in [6.07, 6.45) is 8.29. The normalized spacial score (nSPS) is 12.8. The number of nitrogens with zero attached hydrogens (tertiary/aromatic N) is 2. The van der Waals surface area contributed by atoms with E-state index in [1.165, 1.54) is 24.3 Å². The van der Waals surface area contributed by atoms with E-state index in [0.717, 1.165) is 44.8 Å². The molecule has 4 aromatic carbocycles. The Morgan fingerprint density at radius 1 is 0.667 bits per heavy atom. The maximum Gasteiger partial charge on any atom is 0.294 e. The zero-order valence-corrected chi connectivity index (χ0v) is 30.8. The van der Waals surface area contributed by atoms with Gasteiger partial charge in [0, 0.05) is 66.0 Å². The molecule has 11 heteroatoms. The Kier molecular flexibility index (Phi) is 12.6. The summed E-state index contributed by atoms with van der Waals surface area (Å²) < 4.78 is 67.6. The van der Waals surface area contributed by atoms with Crippen LogP contribution in [0, 0.1) is 0 Å². The van der Waals surface area contributed by atoms with E-state index in [4.69, 9.17) is 0 Å². The van der Waals surface area contributed by atoms with Crippen LogP contribution in [0.2, 0.25) is 0 Å². The summed E-state index contributed by atoms with van der Waals surface area (Å²) in [5.41, 5.74) is 7.71. The minimum atomic E-state index is -4.28. The summed E-state index contributed by atoms with van der Waals surface area (Å²) in [6, 6.07) is 31.1. The molecule has 0 aromatic heterocycles. The minimum Gasteiger partial charge on any atom is -0.367 e. The second-order valence-electron chi connectivity index (χ2n) is 11.1. The average Bonchev–Trinajstić information content (AvgIpc) is 3.07. The fourth-order valence-electron chi connectivity index (χ4n) is 5.60. The standard InChI is InChI=1S/C37H36N2O6S2.Na/c1-3-38(26-28-10-8-14-35(24-28)46(40,41)42)33-20-16-31(17-21-33)37(30-12-6-5-7-13-30)32-18-22-34(23-19-32)39(4-2)27-29-11-9-15-36(25-29)47(43,44)45;/h5-25H,3-4,26-27H2,1-2H3,(H-,40,41,42,43,44,45);/p+1. The fourth-order valence-corrected chi connectivity index (χ4v) is 6.71. The topological polar surface area (TPSA) is 115 Å². The Bertz CT molecular complexity index is 2090. The molecule has 0 unspecified atom stereocenters. The van der Waals surface area contributed by atoms with Gasteiger partial charge in [-0.15, -0.1) is 0 Å². The predicted molar refractivity (Wildman–Crippen MR) is 192 cm³/mol. The number of hydrogen-bond donors (Lipinski definition) is 2. The third-order valence-corrected chi connectivity index (χ3v) is 9.71. The quantitative estimate of drug-likeness (QED) is 0.106. The van der Waals surface area contributed by atoms with E-state index in [0.29, 0.717) is 26.2 Å². The zero-order valence-electron chi connectivity index (χ0n) is 27.2. The van der Waals surface area contributed by atoms with Crippen molar-refractivity contribution in [3.8, 4) is 0 Å². The van der Waals surface area contributed by atoms with Gasteiger partial charge in [0.15, 0.2) is 12.3 Å². The first-order valence-electron chi connectivity index (χ1n) is 15.2. The van der Waals surface area contributed by atoms with Gasteiger partial charge in [-0.1, -0.05) is 66.7 Å². The molecule has 4 aromatic rings. The predicted octanol–water partition coefficient (Wildman–Crippen LogP) is 6.43. The first-order chi connectivity index (χ1) is 22.5. The fraction of sp³-hybridized carbons (Fsp3) is 0.162. The number of benzene rings is 4. The molecule has 0 fully saturated rings. The monoisotopic (exact) mass is 692 g/mol. The van der Waals surface area contributed by atoms with Crippen molar-refractivity contribution in [1.29, 1.82) is 0 Å². The van der Waals surface area contributed by atoms with Gasteiger partial charge in [0.1, 0.15) is 6.54 Å². The molecule has 0 spiro atoms. The van der Waals surface area contributed by atoms with E-state index in [1.54, 1.807) is 12.1 Å². The SMILES string of the molecule is CCN(Cc1cccc(S(=O)(=O)O)c1)c1ccc(C(=C2C=CC(=[N+](CC)Cc3cccc(S(=O)(=O)O)c3)C=C2)c2ccccc2)cc1.[Na]. The smallest absolute Gasteiger partial charge is 0.294 e. The van der Waals surface area contributed by atoms with E-state index in [2.05, 4.69) is 70.2 Å². The van der Waals surface area contributed by atoms with Gasteiger partial charge >= 0.3 is 0 Å². The first kappa shape index (κ1) is 37.2. The van der Waals surface area contributed by atoms with Crippen LogP contribution in [0.5, 0.6) is 0 Å². The van der Waals surface area contributed by atoms with Crippen LogP contribution < -0.4 is 4.90 Å². The Labute approximate surface area is 305 Å². The van der Waals surface area contributed by atoms with Gasteiger partial charge in [-0.2, -0.15) is 16.8 Å². The number of hydrogen-bond acceptors (Lipinski definition) is 5. The maximum atomic E-state index is 11.6. The van der Waals surface area contributed by atoms with Crippen molar-refractivity contribution in [3.05, 3.63) is 155 Å². The third kappa shape index (κ3) is 9.29. The van der Waals surface area contributed by atoms with Crippen molar-refractivity contribution in [2.45, 2.75) is 36.7 Å². The summed E-state index contributed by atoms with van der Waals surface area (Å²) in [6.45, 7) is 6.41. The van der Waals surface area contributed by atoms with Gasteiger partial charge in [-0.05, 0) is 90.2 Å². The maximum absolute atomic E-state index is 11.6. The molecule has 1 aliphatic carbocycles. The molecule has 0 heterocycles. The third-order valence-electron chi connectivity index (χ3n) is 8.01. The van der Waals surface area contributed by atoms with Gasteiger partial charge in [0.25, 0.3) is 20.2 Å². The molecule has 0 aliphatic heterocycles. The van der Waals surface area contributed by atoms with Crippen molar-refractivity contribution in [3.63, 3.8) is 0 Å². The number of anilines is 1. The van der Waals surface area contributed by atoms with Crippen molar-refractivity contribution in [1.82, 2.24) is 0 Å². The Balaban J connectivity index is 0.00000520. The summed E-state index contributed by atoms with van der Waals surface area (Å²) in [5.74, 6) is 0. The molecule has 1 aliphatic rings. The van der Waals surface area contributed by atoms with Crippen LogP contribution in [-0.2, 0) is 33.3 Å². The van der Waals surface area contributed by atoms with Crippen molar-refractivity contribution in [2.75, 3.05) is 18.0 Å². The van der Waals surface area contributed by atoms with Crippen LogP contribution in [0.4, 0.5) is 5.69 Å². The molecule has 48 heavy (non-hydrogen) atoms. The largest absolute Gasteiger partial charge is 0.367 e. The molecule has 0 saturated carbocycles. The summed E-state index contributed by atoms with van der Waals surface area (Å²) in [5, 5.41) is 0. The average molecular weight is 693 g/mol. The number of allylic oxidation sites excluding steroid dienone is 5. The summed E-state index contributed by atoms with van der Waals surface area (Å²) in [7, 11) is -8.57. The molecule has 2 N–H and O–H groups in total. The van der Waals surface area contributed by atoms with Crippen molar-refractivity contribution < 1.29 is 30.5 Å². The molecule has 5 rings (SSSR count). The second kappa shape index (κ2) is 16.2. The molecular formula is C37H37N2NaO6S2+. The first-order valence-corrected chi connectivity index (χ1v) is 18.1. The zero-order chi connectivity index (χ0) is 33.6. The van der Waals surface area contributed by atoms with Crippen molar-refractivity contribution in [2.24, 2.45) is 0 Å². The van der Waals surface area contributed by atoms with Gasteiger partial charge in [-0.3, -0.25) is 9.11 Å². The molecule has 0 amide bonds. The Morgan fingerprint density at radius 3 is 1.75 bits per heavy atom. The van der Waals surface area contributed by atoms with Crippen LogP contribution in [0.3, 0.4) is 0 Å². The summed E-state index contributed by atoms with van der Waals surface area (Å²) in [4.78, 5) is 1.89. The van der Waals surface area contributed by atoms with Gasteiger partial charge in [0.05, 0.1) is 9.79 Å². The van der Waals surface area contributed by atoms with E-state index < -0.39 is 20.2 Å². The van der Waals surface area contributed by atoms with E-state index in [-0.39, 0.29) is 39.3 Å². The molecule has 0 atom stereocenters. The van der Waals surface area contributed by atoms with Gasteiger partial charge in [0.2, 0.25) is 0 Å². The van der Waals surface area contributed by atoms with E-state index in [9.17, 15) is 25.9 Å². The van der Waals surface area contributed by atoms with Gasteiger partial charge < -0.3 is 4.90 Å². The van der Waals surface area contributed by atoms with Crippen LogP contribution in [-0.4, -0.2) is 78.9 Å². The number of rotatable bonds is 11. The molecule has 243 valence electrons.